The maximum atomic E-state index is 10.7. The fourth-order valence-electron chi connectivity index (χ4n) is 3.18. The lowest BCUT2D eigenvalue weighted by Gasteiger charge is -2.46. The van der Waals surface area contributed by atoms with E-state index >= 15 is 0 Å². The van der Waals surface area contributed by atoms with Crippen molar-refractivity contribution in [3.63, 3.8) is 0 Å². The highest BCUT2D eigenvalue weighted by Gasteiger charge is 2.52. The molecule has 15 nitrogen and oxygen atoms in total. The number of carbonyl (C=O) groups excluding carboxylic acids is 1. The van der Waals surface area contributed by atoms with Gasteiger partial charge in [0.15, 0.2) is 12.6 Å². The molecule has 0 spiro atoms. The van der Waals surface area contributed by atoms with Crippen molar-refractivity contribution in [2.75, 3.05) is 13.2 Å². The lowest BCUT2D eigenvalue weighted by Crippen LogP contribution is -2.66. The molecule has 11 N–H and O–H groups in total. The quantitative estimate of drug-likeness (QED) is 0.175. The van der Waals surface area contributed by atoms with E-state index < -0.39 is 92.9 Å². The second-order valence-corrected chi connectivity index (χ2v) is 6.96. The number of hydrogen-bond donors (Lipinski definition) is 10. The average Bonchev–Trinajstić information content (AvgIpc) is 2.71. The van der Waals surface area contributed by atoms with Crippen LogP contribution in [0.15, 0.2) is 0 Å². The molecule has 2 rings (SSSR count). The first-order valence-corrected chi connectivity index (χ1v) is 8.93. The lowest BCUT2D eigenvalue weighted by molar-refractivity contribution is -0.363. The van der Waals surface area contributed by atoms with Gasteiger partial charge in [0.1, 0.15) is 67.6 Å². The molecule has 0 aromatic heterocycles. The van der Waals surface area contributed by atoms with Crippen LogP contribution in [0.1, 0.15) is 0 Å². The van der Waals surface area contributed by atoms with Gasteiger partial charge in [0.2, 0.25) is 0 Å². The fraction of sp³-hybridized carbons (Fsp3) is 0.933. The number of aliphatic hydroxyl groups excluding tert-OH is 9. The van der Waals surface area contributed by atoms with E-state index in [0.29, 0.717) is 0 Å². The third-order valence-electron chi connectivity index (χ3n) is 4.84. The molecule has 2 fully saturated rings. The molecular weight excluding hydrogens is 418 g/mol. The summed E-state index contributed by atoms with van der Waals surface area (Å²) in [6.07, 6.45) is -23.0. The Bertz CT molecular complexity index is 567. The Kier molecular flexibility index (Phi) is 8.69. The van der Waals surface area contributed by atoms with Crippen LogP contribution < -0.4 is 5.73 Å². The van der Waals surface area contributed by atoms with E-state index in [2.05, 4.69) is 4.74 Å². The maximum absolute atomic E-state index is 10.7. The van der Waals surface area contributed by atoms with Crippen molar-refractivity contribution in [1.29, 1.82) is 0 Å². The van der Waals surface area contributed by atoms with Crippen molar-refractivity contribution < 1.29 is 69.7 Å². The van der Waals surface area contributed by atoms with E-state index in [-0.39, 0.29) is 0 Å². The van der Waals surface area contributed by atoms with Gasteiger partial charge in [-0.3, -0.25) is 0 Å². The Morgan fingerprint density at radius 1 is 0.867 bits per heavy atom. The van der Waals surface area contributed by atoms with Crippen molar-refractivity contribution >= 4 is 6.09 Å². The first-order valence-electron chi connectivity index (χ1n) is 8.93. The highest BCUT2D eigenvalue weighted by Crippen LogP contribution is 2.30. The summed E-state index contributed by atoms with van der Waals surface area (Å²) in [5.74, 6) is 0. The van der Waals surface area contributed by atoms with E-state index in [4.69, 9.17) is 25.1 Å². The van der Waals surface area contributed by atoms with Crippen molar-refractivity contribution in [2.24, 2.45) is 5.73 Å². The minimum absolute atomic E-state index is 0.738. The Hall–Kier alpha value is -1.21. The monoisotopic (exact) mass is 445 g/mol. The van der Waals surface area contributed by atoms with Crippen LogP contribution in [0.3, 0.4) is 0 Å². The van der Waals surface area contributed by atoms with E-state index in [1.54, 1.807) is 0 Å². The van der Waals surface area contributed by atoms with Crippen LogP contribution in [0.5, 0.6) is 0 Å². The standard InChI is InChI=1S/C15H27NO14/c16-15(26)27-2-4(19)11-6(21)5(20)7(22)14(29-11)30-12-8(23)10(3(18)1-17)28-13(25)9(12)24/h3-14,17-25H,1-2H2,(H2,16,26)/t3-,4-,5+,6+,7+,8-,9+,10-,11-,12+,13+,14-/m1/s1. The largest absolute Gasteiger partial charge is 0.447 e. The van der Waals surface area contributed by atoms with Gasteiger partial charge in [-0.05, 0) is 0 Å². The molecule has 0 radical (unpaired) electrons. The number of rotatable bonds is 7. The minimum Gasteiger partial charge on any atom is -0.447 e. The van der Waals surface area contributed by atoms with Gasteiger partial charge in [-0.15, -0.1) is 0 Å². The fourth-order valence-corrected chi connectivity index (χ4v) is 3.18. The van der Waals surface area contributed by atoms with E-state index in [1.165, 1.54) is 0 Å². The van der Waals surface area contributed by atoms with Gasteiger partial charge in [0.25, 0.3) is 0 Å². The summed E-state index contributed by atoms with van der Waals surface area (Å²) in [6.45, 7) is -1.60. The third-order valence-corrected chi connectivity index (χ3v) is 4.84. The summed E-state index contributed by atoms with van der Waals surface area (Å²) in [4.78, 5) is 10.7. The molecule has 1 amide bonds. The van der Waals surface area contributed by atoms with Crippen LogP contribution in [-0.4, -0.2) is 139 Å². The van der Waals surface area contributed by atoms with E-state index in [1.807, 2.05) is 0 Å². The second kappa shape index (κ2) is 10.4. The number of aliphatic hydroxyl groups is 9. The number of carbonyl (C=O) groups is 1. The third kappa shape index (κ3) is 5.34. The number of nitrogens with two attached hydrogens (primary N) is 1. The smallest absolute Gasteiger partial charge is 0.404 e. The molecule has 2 saturated heterocycles. The molecule has 0 saturated carbocycles. The van der Waals surface area contributed by atoms with Crippen LogP contribution in [0.25, 0.3) is 0 Å². The zero-order chi connectivity index (χ0) is 22.7. The van der Waals surface area contributed by atoms with Gasteiger partial charge in [-0.2, -0.15) is 0 Å². The van der Waals surface area contributed by atoms with Gasteiger partial charge in [0.05, 0.1) is 6.61 Å². The molecule has 2 aliphatic rings. The maximum Gasteiger partial charge on any atom is 0.404 e. The van der Waals surface area contributed by atoms with Crippen molar-refractivity contribution in [3.05, 3.63) is 0 Å². The predicted molar refractivity (Wildman–Crippen MR) is 89.1 cm³/mol. The summed E-state index contributed by atoms with van der Waals surface area (Å²) >= 11 is 0. The van der Waals surface area contributed by atoms with Crippen molar-refractivity contribution in [1.82, 2.24) is 0 Å². The molecular formula is C15H27NO14. The molecule has 12 atom stereocenters. The van der Waals surface area contributed by atoms with Crippen LogP contribution in [0.4, 0.5) is 4.79 Å². The first kappa shape index (κ1) is 25.1. The molecule has 2 aliphatic heterocycles. The van der Waals surface area contributed by atoms with Crippen LogP contribution in [0, 0.1) is 0 Å². The molecule has 0 bridgehead atoms. The second-order valence-electron chi connectivity index (χ2n) is 6.96. The van der Waals surface area contributed by atoms with E-state index in [9.17, 15) is 45.6 Å². The molecule has 0 aromatic carbocycles. The molecule has 0 unspecified atom stereocenters. The van der Waals surface area contributed by atoms with Crippen molar-refractivity contribution in [3.8, 4) is 0 Å². The van der Waals surface area contributed by atoms with Crippen LogP contribution in [0.2, 0.25) is 0 Å². The van der Waals surface area contributed by atoms with Crippen molar-refractivity contribution in [2.45, 2.75) is 73.6 Å². The predicted octanol–water partition coefficient (Wildman–Crippen LogP) is -6.57. The number of amides is 1. The Morgan fingerprint density at radius 2 is 1.47 bits per heavy atom. The molecule has 0 aliphatic carbocycles. The zero-order valence-electron chi connectivity index (χ0n) is 15.5. The summed E-state index contributed by atoms with van der Waals surface area (Å²) in [7, 11) is 0. The molecule has 2 heterocycles. The number of hydrogen-bond acceptors (Lipinski definition) is 14. The SMILES string of the molecule is NC(=O)OC[C@@H](O)[C@H]1O[C@H](O[C@H]2[C@H](O)[C@@H]([C@H](O)CO)O[C@H](O)[C@H]2O)[C@@H](O)[C@@H](O)[C@@H]1O. The van der Waals surface area contributed by atoms with Gasteiger partial charge < -0.3 is 70.6 Å². The van der Waals surface area contributed by atoms with E-state index in [0.717, 1.165) is 0 Å². The number of primary amides is 1. The van der Waals surface area contributed by atoms with Gasteiger partial charge >= 0.3 is 6.09 Å². The molecule has 15 heteroatoms. The normalized spacial score (nSPS) is 44.3. The van der Waals surface area contributed by atoms with Gasteiger partial charge in [0, 0.05) is 0 Å². The zero-order valence-corrected chi connectivity index (χ0v) is 15.5. The molecule has 176 valence electrons. The Morgan fingerprint density at radius 3 is 2.03 bits per heavy atom. The van der Waals surface area contributed by atoms with Crippen LogP contribution in [-0.2, 0) is 18.9 Å². The van der Waals surface area contributed by atoms with Crippen LogP contribution >= 0.6 is 0 Å². The molecule has 30 heavy (non-hydrogen) atoms. The summed E-state index contributed by atoms with van der Waals surface area (Å²) < 4.78 is 19.7. The summed E-state index contributed by atoms with van der Waals surface area (Å²) in [5, 5.41) is 89.1. The summed E-state index contributed by atoms with van der Waals surface area (Å²) in [5.41, 5.74) is 4.78. The lowest BCUT2D eigenvalue weighted by atomic mass is 9.93. The number of ether oxygens (including phenoxy) is 4. The van der Waals surface area contributed by atoms with Gasteiger partial charge in [-0.1, -0.05) is 0 Å². The topological polar surface area (TPSA) is 262 Å². The Labute approximate surface area is 169 Å². The summed E-state index contributed by atoms with van der Waals surface area (Å²) in [6, 6.07) is 0. The minimum atomic E-state index is -1.97. The molecule has 0 aromatic rings. The average molecular weight is 445 g/mol. The first-order chi connectivity index (χ1) is 14.0. The highest BCUT2D eigenvalue weighted by molar-refractivity contribution is 5.64. The highest BCUT2D eigenvalue weighted by atomic mass is 16.7. The van der Waals surface area contributed by atoms with Gasteiger partial charge in [-0.25, -0.2) is 4.79 Å². The Balaban J connectivity index is 2.16.